The van der Waals surface area contributed by atoms with Crippen LogP contribution < -0.4 is 16.4 Å². The van der Waals surface area contributed by atoms with E-state index in [0.29, 0.717) is 6.54 Å². The van der Waals surface area contributed by atoms with Crippen LogP contribution in [0.4, 0.5) is 5.69 Å². The first-order valence-corrected chi connectivity index (χ1v) is 7.26. The molecule has 1 amide bonds. The Hall–Kier alpha value is -1.57. The van der Waals surface area contributed by atoms with E-state index in [1.165, 1.54) is 24.0 Å². The van der Waals surface area contributed by atoms with Gasteiger partial charge in [-0.15, -0.1) is 30.6 Å². The number of aliphatic imine (C=N–C) groups is 1. The van der Waals surface area contributed by atoms with Gasteiger partial charge in [0.2, 0.25) is 5.91 Å². The number of nitrogens with one attached hydrogen (secondary N) is 2. The van der Waals surface area contributed by atoms with Crippen molar-refractivity contribution < 1.29 is 4.79 Å². The van der Waals surface area contributed by atoms with Gasteiger partial charge >= 0.3 is 0 Å². The van der Waals surface area contributed by atoms with Gasteiger partial charge in [0, 0.05) is 12.2 Å². The van der Waals surface area contributed by atoms with Crippen molar-refractivity contribution in [1.82, 2.24) is 5.32 Å². The Morgan fingerprint density at radius 3 is 2.91 bits per heavy atom. The molecule has 1 aromatic carbocycles. The van der Waals surface area contributed by atoms with Crippen LogP contribution in [0.1, 0.15) is 24.0 Å². The molecular formula is C16H23IN4O. The van der Waals surface area contributed by atoms with E-state index in [0.717, 1.165) is 18.5 Å². The highest BCUT2D eigenvalue weighted by molar-refractivity contribution is 14.0. The maximum absolute atomic E-state index is 11.4. The summed E-state index contributed by atoms with van der Waals surface area (Å²) in [5.74, 6) is 0.0949. The van der Waals surface area contributed by atoms with Gasteiger partial charge in [-0.1, -0.05) is 18.2 Å². The molecule has 0 bridgehead atoms. The van der Waals surface area contributed by atoms with Gasteiger partial charge < -0.3 is 16.4 Å². The topological polar surface area (TPSA) is 79.5 Å². The van der Waals surface area contributed by atoms with Gasteiger partial charge in [0.15, 0.2) is 5.96 Å². The molecule has 0 unspecified atom stereocenters. The van der Waals surface area contributed by atoms with E-state index in [1.54, 1.807) is 6.08 Å². The highest BCUT2D eigenvalue weighted by Gasteiger charge is 2.13. The van der Waals surface area contributed by atoms with Crippen molar-refractivity contribution in [2.45, 2.75) is 25.7 Å². The van der Waals surface area contributed by atoms with Crippen molar-refractivity contribution >= 4 is 41.5 Å². The average molecular weight is 414 g/mol. The quantitative estimate of drug-likeness (QED) is 0.299. The molecule has 6 heteroatoms. The zero-order chi connectivity index (χ0) is 15.1. The Morgan fingerprint density at radius 2 is 2.14 bits per heavy atom. The second-order valence-electron chi connectivity index (χ2n) is 5.07. The Kier molecular flexibility index (Phi) is 7.94. The number of hydrogen-bond donors (Lipinski definition) is 3. The molecule has 4 N–H and O–H groups in total. The van der Waals surface area contributed by atoms with E-state index >= 15 is 0 Å². The van der Waals surface area contributed by atoms with Gasteiger partial charge in [0.25, 0.3) is 0 Å². The molecule has 1 aliphatic carbocycles. The minimum atomic E-state index is -0.172. The number of guanidine groups is 1. The Bertz CT molecular complexity index is 557. The van der Waals surface area contributed by atoms with Gasteiger partial charge in [-0.2, -0.15) is 0 Å². The highest BCUT2D eigenvalue weighted by Crippen LogP contribution is 2.27. The number of amides is 1. The zero-order valence-corrected chi connectivity index (χ0v) is 14.9. The maximum Gasteiger partial charge on any atom is 0.242 e. The molecule has 1 aromatic rings. The normalized spacial score (nSPS) is 13.5. The van der Waals surface area contributed by atoms with Crippen LogP contribution in [0.15, 0.2) is 35.8 Å². The minimum Gasteiger partial charge on any atom is -0.370 e. The lowest BCUT2D eigenvalue weighted by Gasteiger charge is -2.19. The summed E-state index contributed by atoms with van der Waals surface area (Å²) in [6.45, 7) is 3.99. The van der Waals surface area contributed by atoms with Crippen molar-refractivity contribution in [2.24, 2.45) is 10.7 Å². The van der Waals surface area contributed by atoms with E-state index in [1.807, 2.05) is 12.1 Å². The third-order valence-electron chi connectivity index (χ3n) is 3.50. The van der Waals surface area contributed by atoms with Crippen LogP contribution in [0.3, 0.4) is 0 Å². The molecule has 0 spiro atoms. The molecule has 120 valence electrons. The molecule has 0 aromatic heterocycles. The first-order valence-electron chi connectivity index (χ1n) is 7.26. The first kappa shape index (κ1) is 18.5. The van der Waals surface area contributed by atoms with Gasteiger partial charge in [0.1, 0.15) is 6.54 Å². The number of carbonyl (C=O) groups excluding carboxylic acids is 1. The second kappa shape index (κ2) is 9.45. The SMILES string of the molecule is C=CCNC(=O)CN=C(N)Nc1cccc2c1CCCC2.I. The van der Waals surface area contributed by atoms with Crippen LogP contribution in [-0.4, -0.2) is 25.0 Å². The smallest absolute Gasteiger partial charge is 0.242 e. The molecular weight excluding hydrogens is 391 g/mol. The lowest BCUT2D eigenvalue weighted by Crippen LogP contribution is -2.29. The summed E-state index contributed by atoms with van der Waals surface area (Å²) in [7, 11) is 0. The number of halogens is 1. The second-order valence-corrected chi connectivity index (χ2v) is 5.07. The third kappa shape index (κ3) is 5.32. The number of fused-ring (bicyclic) bond motifs is 1. The van der Waals surface area contributed by atoms with Crippen molar-refractivity contribution in [3.8, 4) is 0 Å². The number of nitrogens with two attached hydrogens (primary N) is 1. The molecule has 0 atom stereocenters. The molecule has 0 fully saturated rings. The number of benzene rings is 1. The van der Waals surface area contributed by atoms with Crippen molar-refractivity contribution in [3.05, 3.63) is 42.0 Å². The van der Waals surface area contributed by atoms with Gasteiger partial charge in [-0.05, 0) is 42.9 Å². The van der Waals surface area contributed by atoms with Crippen LogP contribution in [-0.2, 0) is 17.6 Å². The third-order valence-corrected chi connectivity index (χ3v) is 3.50. The van der Waals surface area contributed by atoms with Crippen molar-refractivity contribution in [1.29, 1.82) is 0 Å². The van der Waals surface area contributed by atoms with Crippen molar-refractivity contribution in [2.75, 3.05) is 18.4 Å². The van der Waals surface area contributed by atoms with E-state index in [-0.39, 0.29) is 42.4 Å². The number of carbonyl (C=O) groups is 1. The van der Waals surface area contributed by atoms with Gasteiger partial charge in [0.05, 0.1) is 0 Å². The predicted molar refractivity (Wildman–Crippen MR) is 102 cm³/mol. The number of anilines is 1. The Balaban J connectivity index is 0.00000242. The van der Waals surface area contributed by atoms with Crippen LogP contribution >= 0.6 is 24.0 Å². The van der Waals surface area contributed by atoms with Crippen LogP contribution in [0.2, 0.25) is 0 Å². The van der Waals surface area contributed by atoms with Crippen LogP contribution in [0.25, 0.3) is 0 Å². The monoisotopic (exact) mass is 414 g/mol. The first-order chi connectivity index (χ1) is 10.2. The molecule has 2 rings (SSSR count). The zero-order valence-electron chi connectivity index (χ0n) is 12.6. The van der Waals surface area contributed by atoms with Crippen LogP contribution in [0, 0.1) is 0 Å². The minimum absolute atomic E-state index is 0. The summed E-state index contributed by atoms with van der Waals surface area (Å²) in [6, 6.07) is 6.19. The summed E-state index contributed by atoms with van der Waals surface area (Å²) in [5.41, 5.74) is 9.55. The van der Waals surface area contributed by atoms with Crippen molar-refractivity contribution in [3.63, 3.8) is 0 Å². The predicted octanol–water partition coefficient (Wildman–Crippen LogP) is 2.21. The lowest BCUT2D eigenvalue weighted by atomic mass is 9.90. The van der Waals surface area contributed by atoms with E-state index < -0.39 is 0 Å². The molecule has 0 radical (unpaired) electrons. The largest absolute Gasteiger partial charge is 0.370 e. The molecule has 1 aliphatic rings. The Labute approximate surface area is 148 Å². The molecule has 0 aliphatic heterocycles. The average Bonchev–Trinajstić information content (AvgIpc) is 2.51. The van der Waals surface area contributed by atoms with E-state index in [2.05, 4.69) is 28.3 Å². The highest BCUT2D eigenvalue weighted by atomic mass is 127. The molecule has 22 heavy (non-hydrogen) atoms. The fraction of sp³-hybridized carbons (Fsp3) is 0.375. The molecule has 5 nitrogen and oxygen atoms in total. The molecule has 0 saturated carbocycles. The van der Waals surface area contributed by atoms with Gasteiger partial charge in [-0.3, -0.25) is 4.79 Å². The summed E-state index contributed by atoms with van der Waals surface area (Å²) in [5, 5.41) is 5.76. The molecule has 0 heterocycles. The fourth-order valence-electron chi connectivity index (χ4n) is 2.47. The van der Waals surface area contributed by atoms with Gasteiger partial charge in [-0.25, -0.2) is 4.99 Å². The van der Waals surface area contributed by atoms with E-state index in [4.69, 9.17) is 5.73 Å². The number of rotatable bonds is 5. The standard InChI is InChI=1S/C16H22N4O.HI/c1-2-10-18-15(21)11-19-16(17)20-14-9-5-7-12-6-3-4-8-13(12)14;/h2,5,7,9H,1,3-4,6,8,10-11H2,(H,18,21)(H3,17,19,20);1H. The lowest BCUT2D eigenvalue weighted by molar-refractivity contribution is -0.119. The number of nitrogens with zero attached hydrogens (tertiary/aromatic N) is 1. The summed E-state index contributed by atoms with van der Waals surface area (Å²) < 4.78 is 0. The maximum atomic E-state index is 11.4. The molecule has 0 saturated heterocycles. The van der Waals surface area contributed by atoms with Crippen LogP contribution in [0.5, 0.6) is 0 Å². The summed E-state index contributed by atoms with van der Waals surface area (Å²) >= 11 is 0. The number of hydrogen-bond acceptors (Lipinski definition) is 2. The summed E-state index contributed by atoms with van der Waals surface area (Å²) in [6.07, 6.45) is 6.24. The number of aryl methyl sites for hydroxylation is 1. The van der Waals surface area contributed by atoms with E-state index in [9.17, 15) is 4.79 Å². The fourth-order valence-corrected chi connectivity index (χ4v) is 2.47. The summed E-state index contributed by atoms with van der Waals surface area (Å²) in [4.78, 5) is 15.5. The Morgan fingerprint density at radius 1 is 1.36 bits per heavy atom.